The van der Waals surface area contributed by atoms with Crippen molar-refractivity contribution in [1.29, 1.82) is 0 Å². The van der Waals surface area contributed by atoms with Crippen LogP contribution >= 0.6 is 0 Å². The molecule has 0 radical (unpaired) electrons. The topological polar surface area (TPSA) is 75.9 Å². The van der Waals surface area contributed by atoms with Crippen LogP contribution in [0, 0.1) is 0 Å². The lowest BCUT2D eigenvalue weighted by Gasteiger charge is -2.36. The molecule has 0 saturated heterocycles. The number of aromatic nitrogens is 4. The van der Waals surface area contributed by atoms with Gasteiger partial charge in [-0.1, -0.05) is 140 Å². The lowest BCUT2D eigenvalue weighted by Crippen LogP contribution is -2.39. The molecule has 0 saturated carbocycles. The van der Waals surface area contributed by atoms with Gasteiger partial charge in [0.2, 0.25) is 0 Å². The van der Waals surface area contributed by atoms with Gasteiger partial charge in [0.05, 0.1) is 6.61 Å². The predicted molar refractivity (Wildman–Crippen MR) is 167 cm³/mol. The van der Waals surface area contributed by atoms with Gasteiger partial charge < -0.3 is 10.4 Å². The minimum Gasteiger partial charge on any atom is -0.395 e. The highest BCUT2D eigenvalue weighted by atomic mass is 16.3. The van der Waals surface area contributed by atoms with Crippen molar-refractivity contribution in [3.05, 3.63) is 162 Å². The van der Waals surface area contributed by atoms with E-state index < -0.39 is 5.54 Å². The molecule has 0 aliphatic rings. The highest BCUT2D eigenvalue weighted by molar-refractivity contribution is 5.81. The molecule has 0 spiro atoms. The number of hydrogen-bond acceptors (Lipinski definition) is 5. The maximum absolute atomic E-state index is 9.34. The summed E-state index contributed by atoms with van der Waals surface area (Å²) < 4.78 is 1.97. The number of nitrogens with zero attached hydrogens (tertiary/aromatic N) is 4. The van der Waals surface area contributed by atoms with Crippen molar-refractivity contribution >= 4 is 0 Å². The van der Waals surface area contributed by atoms with Gasteiger partial charge in [-0.2, -0.15) is 0 Å². The van der Waals surface area contributed by atoms with Crippen molar-refractivity contribution < 1.29 is 5.11 Å². The summed E-state index contributed by atoms with van der Waals surface area (Å²) in [6.07, 6.45) is 0. The molecule has 0 aliphatic carbocycles. The van der Waals surface area contributed by atoms with Gasteiger partial charge in [0.15, 0.2) is 5.82 Å². The number of nitrogens with one attached hydrogen (secondary N) is 1. The molecule has 1 atom stereocenters. The van der Waals surface area contributed by atoms with Gasteiger partial charge in [0, 0.05) is 18.2 Å². The van der Waals surface area contributed by atoms with Gasteiger partial charge >= 0.3 is 0 Å². The van der Waals surface area contributed by atoms with Crippen LogP contribution in [0.3, 0.4) is 0 Å². The molecule has 6 nitrogen and oxygen atoms in total. The third-order valence-corrected chi connectivity index (χ3v) is 7.72. The molecule has 2 N–H and O–H groups in total. The standard InChI is InChI=1S/C36H33N5O/c1-27(26-42)37-25-28-21-23-29(24-22-28)33-19-11-12-20-34(33)35-38-39-40-41(35)36(30-13-5-2-6-14-30,31-15-7-3-8-16-31)32-17-9-4-10-18-32/h2-24,27,37,42H,25-26H2,1H3. The van der Waals surface area contributed by atoms with Crippen LogP contribution in [0.5, 0.6) is 0 Å². The normalized spacial score (nSPS) is 12.2. The first kappa shape index (κ1) is 27.3. The summed E-state index contributed by atoms with van der Waals surface area (Å²) in [5.41, 5.74) is 6.55. The van der Waals surface area contributed by atoms with Gasteiger partial charge in [-0.05, 0) is 50.7 Å². The number of tetrazole rings is 1. The van der Waals surface area contributed by atoms with Crippen LogP contribution in [0.15, 0.2) is 140 Å². The maximum atomic E-state index is 9.34. The van der Waals surface area contributed by atoms with Crippen molar-refractivity contribution in [2.75, 3.05) is 6.61 Å². The number of hydrogen-bond donors (Lipinski definition) is 2. The van der Waals surface area contributed by atoms with Crippen molar-refractivity contribution in [3.63, 3.8) is 0 Å². The first-order chi connectivity index (χ1) is 20.7. The molecule has 42 heavy (non-hydrogen) atoms. The van der Waals surface area contributed by atoms with E-state index in [2.05, 4.69) is 125 Å². The maximum Gasteiger partial charge on any atom is 0.184 e. The predicted octanol–water partition coefficient (Wildman–Crippen LogP) is 6.32. The molecule has 6 rings (SSSR count). The molecule has 1 unspecified atom stereocenters. The van der Waals surface area contributed by atoms with Gasteiger partial charge in [0.25, 0.3) is 0 Å². The van der Waals surface area contributed by atoms with Crippen LogP contribution in [0.2, 0.25) is 0 Å². The first-order valence-electron chi connectivity index (χ1n) is 14.2. The Labute approximate surface area is 246 Å². The fourth-order valence-electron chi connectivity index (χ4n) is 5.57. The van der Waals surface area contributed by atoms with Crippen molar-refractivity contribution in [2.24, 2.45) is 0 Å². The van der Waals surface area contributed by atoms with Crippen molar-refractivity contribution in [1.82, 2.24) is 25.5 Å². The van der Waals surface area contributed by atoms with Crippen LogP contribution in [0.25, 0.3) is 22.5 Å². The zero-order valence-corrected chi connectivity index (χ0v) is 23.5. The Morgan fingerprint density at radius 3 is 1.69 bits per heavy atom. The van der Waals surface area contributed by atoms with Gasteiger partial charge in [-0.15, -0.1) is 5.10 Å². The molecule has 0 bridgehead atoms. The minimum atomic E-state index is -0.825. The van der Waals surface area contributed by atoms with E-state index in [-0.39, 0.29) is 12.6 Å². The Balaban J connectivity index is 1.53. The summed E-state index contributed by atoms with van der Waals surface area (Å²) in [6, 6.07) is 48.1. The van der Waals surface area contributed by atoms with E-state index >= 15 is 0 Å². The van der Waals surface area contributed by atoms with Crippen LogP contribution < -0.4 is 5.32 Å². The second kappa shape index (κ2) is 12.3. The lowest BCUT2D eigenvalue weighted by atomic mass is 9.77. The van der Waals surface area contributed by atoms with E-state index in [1.54, 1.807) is 0 Å². The van der Waals surface area contributed by atoms with E-state index in [0.29, 0.717) is 12.4 Å². The highest BCUT2D eigenvalue weighted by Crippen LogP contribution is 2.43. The smallest absolute Gasteiger partial charge is 0.184 e. The Morgan fingerprint density at radius 1 is 0.667 bits per heavy atom. The average molecular weight is 552 g/mol. The fraction of sp³-hybridized carbons (Fsp3) is 0.139. The summed E-state index contributed by atoms with van der Waals surface area (Å²) in [4.78, 5) is 0. The molecule has 5 aromatic carbocycles. The molecular formula is C36H33N5O. The molecule has 6 heteroatoms. The van der Waals surface area contributed by atoms with E-state index in [1.807, 2.05) is 41.9 Å². The molecule has 1 aromatic heterocycles. The quantitative estimate of drug-likeness (QED) is 0.195. The van der Waals surface area contributed by atoms with E-state index in [0.717, 1.165) is 38.9 Å². The molecular weight excluding hydrogens is 518 g/mol. The Morgan fingerprint density at radius 2 is 1.17 bits per heavy atom. The molecule has 208 valence electrons. The summed E-state index contributed by atoms with van der Waals surface area (Å²) in [6.45, 7) is 2.77. The molecule has 0 fully saturated rings. The summed E-state index contributed by atoms with van der Waals surface area (Å²) in [5.74, 6) is 0.671. The Bertz CT molecular complexity index is 1620. The monoisotopic (exact) mass is 551 g/mol. The molecule has 6 aromatic rings. The van der Waals surface area contributed by atoms with Gasteiger partial charge in [-0.25, -0.2) is 4.68 Å². The number of benzene rings is 5. The molecule has 1 heterocycles. The van der Waals surface area contributed by atoms with E-state index in [9.17, 15) is 5.11 Å². The van der Waals surface area contributed by atoms with Crippen LogP contribution in [-0.2, 0) is 12.1 Å². The van der Waals surface area contributed by atoms with Gasteiger partial charge in [0.1, 0.15) is 5.54 Å². The summed E-state index contributed by atoms with van der Waals surface area (Å²) >= 11 is 0. The minimum absolute atomic E-state index is 0.0448. The van der Waals surface area contributed by atoms with Crippen LogP contribution in [0.1, 0.15) is 29.2 Å². The number of rotatable bonds is 10. The van der Waals surface area contributed by atoms with Crippen molar-refractivity contribution in [3.8, 4) is 22.5 Å². The second-order valence-corrected chi connectivity index (χ2v) is 10.4. The van der Waals surface area contributed by atoms with E-state index in [4.69, 9.17) is 5.21 Å². The zero-order valence-electron chi connectivity index (χ0n) is 23.5. The molecule has 0 aliphatic heterocycles. The average Bonchev–Trinajstić information content (AvgIpc) is 3.56. The molecule has 0 amide bonds. The highest BCUT2D eigenvalue weighted by Gasteiger charge is 2.42. The Hall–Kier alpha value is -4.91. The summed E-state index contributed by atoms with van der Waals surface area (Å²) in [5, 5.41) is 26.3. The SMILES string of the molecule is CC(CO)NCc1ccc(-c2ccccc2-c2nnnn2C(c2ccccc2)(c2ccccc2)c2ccccc2)cc1. The van der Waals surface area contributed by atoms with E-state index in [1.165, 1.54) is 0 Å². The third kappa shape index (κ3) is 5.14. The first-order valence-corrected chi connectivity index (χ1v) is 14.2. The van der Waals surface area contributed by atoms with Crippen molar-refractivity contribution in [2.45, 2.75) is 25.0 Å². The third-order valence-electron chi connectivity index (χ3n) is 7.72. The largest absolute Gasteiger partial charge is 0.395 e. The van der Waals surface area contributed by atoms with Crippen LogP contribution in [-0.4, -0.2) is 38.0 Å². The van der Waals surface area contributed by atoms with Gasteiger partial charge in [-0.3, -0.25) is 0 Å². The second-order valence-electron chi connectivity index (χ2n) is 10.4. The zero-order chi connectivity index (χ0) is 28.8. The Kier molecular flexibility index (Phi) is 7.99. The fourth-order valence-corrected chi connectivity index (χ4v) is 5.57. The number of aliphatic hydroxyl groups excluding tert-OH is 1. The number of aliphatic hydroxyl groups is 1. The van der Waals surface area contributed by atoms with Crippen LogP contribution in [0.4, 0.5) is 0 Å². The summed E-state index contributed by atoms with van der Waals surface area (Å²) in [7, 11) is 0. The lowest BCUT2D eigenvalue weighted by molar-refractivity contribution is 0.251.